The molecule has 1 saturated carbocycles. The number of hydrogen-bond donors (Lipinski definition) is 1. The van der Waals surface area contributed by atoms with E-state index in [4.69, 9.17) is 0 Å². The molecule has 1 aliphatic rings. The van der Waals surface area contributed by atoms with Crippen molar-refractivity contribution in [1.82, 2.24) is 10.3 Å². The van der Waals surface area contributed by atoms with Crippen LogP contribution in [-0.2, 0) is 4.79 Å². The molecule has 1 aliphatic carbocycles. The molecule has 0 radical (unpaired) electrons. The van der Waals surface area contributed by atoms with E-state index in [9.17, 15) is 9.59 Å². The van der Waals surface area contributed by atoms with Gasteiger partial charge in [0, 0.05) is 31.3 Å². The largest absolute Gasteiger partial charge is 0.352 e. The monoisotopic (exact) mass is 232 g/mol. The van der Waals surface area contributed by atoms with Crippen LogP contribution in [0.5, 0.6) is 0 Å². The van der Waals surface area contributed by atoms with Crippen LogP contribution in [0.25, 0.3) is 0 Å². The average molecular weight is 232 g/mol. The summed E-state index contributed by atoms with van der Waals surface area (Å²) >= 11 is 0. The minimum atomic E-state index is -0.128. The molecule has 1 aromatic rings. The molecule has 0 atom stereocenters. The van der Waals surface area contributed by atoms with Crippen molar-refractivity contribution in [2.45, 2.75) is 25.7 Å². The highest BCUT2D eigenvalue weighted by molar-refractivity contribution is 5.93. The van der Waals surface area contributed by atoms with Crippen LogP contribution < -0.4 is 5.32 Å². The molecule has 0 aromatic carbocycles. The van der Waals surface area contributed by atoms with Gasteiger partial charge in [-0.3, -0.25) is 14.6 Å². The fourth-order valence-electron chi connectivity index (χ4n) is 1.67. The number of rotatable bonds is 6. The van der Waals surface area contributed by atoms with Gasteiger partial charge in [-0.25, -0.2) is 0 Å². The number of aromatic nitrogens is 1. The predicted molar refractivity (Wildman–Crippen MR) is 63.5 cm³/mol. The van der Waals surface area contributed by atoms with Crippen molar-refractivity contribution in [3.05, 3.63) is 30.1 Å². The fraction of sp³-hybridized carbons (Fsp3) is 0.462. The van der Waals surface area contributed by atoms with E-state index in [2.05, 4.69) is 10.3 Å². The molecule has 0 aliphatic heterocycles. The molecule has 1 aromatic heterocycles. The summed E-state index contributed by atoms with van der Waals surface area (Å²) in [6.07, 6.45) is 6.58. The van der Waals surface area contributed by atoms with E-state index in [0.29, 0.717) is 30.2 Å². The molecule has 0 bridgehead atoms. The van der Waals surface area contributed by atoms with Crippen LogP contribution in [0.2, 0.25) is 0 Å². The van der Waals surface area contributed by atoms with Gasteiger partial charge in [0.25, 0.3) is 5.91 Å². The van der Waals surface area contributed by atoms with Crippen LogP contribution in [0, 0.1) is 5.92 Å². The van der Waals surface area contributed by atoms with E-state index in [1.165, 1.54) is 6.20 Å². The highest BCUT2D eigenvalue weighted by atomic mass is 16.1. The maximum absolute atomic E-state index is 11.6. The van der Waals surface area contributed by atoms with Crippen LogP contribution >= 0.6 is 0 Å². The fourth-order valence-corrected chi connectivity index (χ4v) is 1.67. The third-order valence-corrected chi connectivity index (χ3v) is 2.84. The molecular formula is C13H16N2O2. The van der Waals surface area contributed by atoms with Gasteiger partial charge >= 0.3 is 0 Å². The van der Waals surface area contributed by atoms with Gasteiger partial charge < -0.3 is 5.32 Å². The van der Waals surface area contributed by atoms with Crippen LogP contribution in [0.3, 0.4) is 0 Å². The van der Waals surface area contributed by atoms with Crippen LogP contribution in [-0.4, -0.2) is 23.2 Å². The zero-order valence-corrected chi connectivity index (χ0v) is 9.69. The summed E-state index contributed by atoms with van der Waals surface area (Å²) in [6.45, 7) is 0.548. The summed E-state index contributed by atoms with van der Waals surface area (Å²) < 4.78 is 0. The van der Waals surface area contributed by atoms with Gasteiger partial charge in [-0.05, 0) is 31.4 Å². The lowest BCUT2D eigenvalue weighted by Crippen LogP contribution is -2.25. The Labute approximate surface area is 100 Å². The van der Waals surface area contributed by atoms with E-state index in [0.717, 1.165) is 19.3 Å². The molecule has 0 unspecified atom stereocenters. The number of ketones is 1. The van der Waals surface area contributed by atoms with Gasteiger partial charge in [0.1, 0.15) is 5.78 Å². The second-order valence-corrected chi connectivity index (χ2v) is 4.34. The lowest BCUT2D eigenvalue weighted by molar-refractivity contribution is -0.120. The van der Waals surface area contributed by atoms with Crippen LogP contribution in [0.1, 0.15) is 36.0 Å². The van der Waals surface area contributed by atoms with Crippen LogP contribution in [0.4, 0.5) is 0 Å². The number of carbonyl (C=O) groups excluding carboxylic acids is 2. The van der Waals surface area contributed by atoms with Gasteiger partial charge in [-0.15, -0.1) is 0 Å². The van der Waals surface area contributed by atoms with E-state index >= 15 is 0 Å². The van der Waals surface area contributed by atoms with Crippen molar-refractivity contribution in [3.8, 4) is 0 Å². The summed E-state index contributed by atoms with van der Waals surface area (Å²) in [5.74, 6) is 0.543. The maximum atomic E-state index is 11.6. The van der Waals surface area contributed by atoms with E-state index in [-0.39, 0.29) is 5.91 Å². The van der Waals surface area contributed by atoms with E-state index in [1.54, 1.807) is 18.3 Å². The highest BCUT2D eigenvalue weighted by Gasteiger charge is 2.28. The maximum Gasteiger partial charge on any atom is 0.252 e. The topological polar surface area (TPSA) is 59.1 Å². The Kier molecular flexibility index (Phi) is 3.85. The lowest BCUT2D eigenvalue weighted by atomic mass is 10.1. The Morgan fingerprint density at radius 2 is 2.24 bits per heavy atom. The minimum Gasteiger partial charge on any atom is -0.352 e. The lowest BCUT2D eigenvalue weighted by Gasteiger charge is -2.04. The second-order valence-electron chi connectivity index (χ2n) is 4.34. The van der Waals surface area contributed by atoms with Crippen molar-refractivity contribution in [3.63, 3.8) is 0 Å². The molecule has 1 amide bonds. The Morgan fingerprint density at radius 1 is 1.41 bits per heavy atom. The van der Waals surface area contributed by atoms with Crippen molar-refractivity contribution >= 4 is 11.7 Å². The number of carbonyl (C=O) groups is 2. The molecule has 90 valence electrons. The van der Waals surface area contributed by atoms with E-state index in [1.807, 2.05) is 0 Å². The Hall–Kier alpha value is -1.71. The zero-order valence-electron chi connectivity index (χ0n) is 9.69. The third kappa shape index (κ3) is 3.66. The molecule has 1 fully saturated rings. The zero-order chi connectivity index (χ0) is 12.1. The smallest absolute Gasteiger partial charge is 0.252 e. The van der Waals surface area contributed by atoms with Crippen molar-refractivity contribution < 1.29 is 9.59 Å². The number of pyridine rings is 1. The van der Waals surface area contributed by atoms with Crippen molar-refractivity contribution in [2.75, 3.05) is 6.54 Å². The number of nitrogens with one attached hydrogen (secondary N) is 1. The van der Waals surface area contributed by atoms with Crippen LogP contribution in [0.15, 0.2) is 24.5 Å². The predicted octanol–water partition coefficient (Wildman–Crippen LogP) is 1.57. The first-order valence-electron chi connectivity index (χ1n) is 5.98. The SMILES string of the molecule is O=C(NCCCC(=O)C1CC1)c1cccnc1. The molecule has 2 rings (SSSR count). The Bertz CT molecular complexity index is 399. The van der Waals surface area contributed by atoms with Gasteiger partial charge in [0.15, 0.2) is 0 Å². The normalized spacial score (nSPS) is 14.4. The molecule has 1 heterocycles. The molecule has 4 heteroatoms. The number of hydrogen-bond acceptors (Lipinski definition) is 3. The summed E-state index contributed by atoms with van der Waals surface area (Å²) in [6, 6.07) is 3.45. The molecule has 4 nitrogen and oxygen atoms in total. The first-order valence-corrected chi connectivity index (χ1v) is 5.98. The first kappa shape index (κ1) is 11.8. The highest BCUT2D eigenvalue weighted by Crippen LogP contribution is 2.31. The summed E-state index contributed by atoms with van der Waals surface area (Å²) in [7, 11) is 0. The quantitative estimate of drug-likeness (QED) is 0.757. The molecule has 17 heavy (non-hydrogen) atoms. The standard InChI is InChI=1S/C13H16N2O2/c16-12(10-5-6-10)4-2-8-15-13(17)11-3-1-7-14-9-11/h1,3,7,9-10H,2,4-6,8H2,(H,15,17). The number of Topliss-reactive ketones (excluding diaryl/α,β-unsaturated/α-hetero) is 1. The van der Waals surface area contributed by atoms with Gasteiger partial charge in [-0.2, -0.15) is 0 Å². The summed E-state index contributed by atoms with van der Waals surface area (Å²) in [5, 5.41) is 2.78. The van der Waals surface area contributed by atoms with Gasteiger partial charge in [0.2, 0.25) is 0 Å². The average Bonchev–Trinajstić information content (AvgIpc) is 3.19. The Balaban J connectivity index is 1.65. The first-order chi connectivity index (χ1) is 8.27. The second kappa shape index (κ2) is 5.57. The van der Waals surface area contributed by atoms with E-state index < -0.39 is 0 Å². The number of nitrogens with zero attached hydrogens (tertiary/aromatic N) is 1. The summed E-state index contributed by atoms with van der Waals surface area (Å²) in [5.41, 5.74) is 0.556. The van der Waals surface area contributed by atoms with Gasteiger partial charge in [-0.1, -0.05) is 0 Å². The van der Waals surface area contributed by atoms with Crippen molar-refractivity contribution in [1.29, 1.82) is 0 Å². The number of amides is 1. The van der Waals surface area contributed by atoms with Gasteiger partial charge in [0.05, 0.1) is 5.56 Å². The summed E-state index contributed by atoms with van der Waals surface area (Å²) in [4.78, 5) is 26.9. The molecule has 0 saturated heterocycles. The molecule has 1 N–H and O–H groups in total. The minimum absolute atomic E-state index is 0.128. The van der Waals surface area contributed by atoms with Crippen molar-refractivity contribution in [2.24, 2.45) is 5.92 Å². The molecule has 0 spiro atoms. The Morgan fingerprint density at radius 3 is 2.88 bits per heavy atom. The molecular weight excluding hydrogens is 216 g/mol. The third-order valence-electron chi connectivity index (χ3n) is 2.84.